The van der Waals surface area contributed by atoms with Crippen LogP contribution in [0.25, 0.3) is 0 Å². The summed E-state index contributed by atoms with van der Waals surface area (Å²) in [5.41, 5.74) is 0.926. The van der Waals surface area contributed by atoms with Gasteiger partial charge in [-0.1, -0.05) is 11.6 Å². The molecule has 0 bridgehead atoms. The molecule has 0 amide bonds. The van der Waals surface area contributed by atoms with Crippen molar-refractivity contribution in [2.24, 2.45) is 0 Å². The smallest absolute Gasteiger partial charge is 0.270 e. The Morgan fingerprint density at radius 1 is 1.45 bits per heavy atom. The number of hydrogen-bond donors (Lipinski definition) is 1. The molecular formula is C14H20ClN3O2. The number of hydrogen-bond acceptors (Lipinski definition) is 4. The highest BCUT2D eigenvalue weighted by molar-refractivity contribution is 6.31. The number of nitrogens with zero attached hydrogens (tertiary/aromatic N) is 2. The molecule has 1 aliphatic rings. The van der Waals surface area contributed by atoms with Crippen molar-refractivity contribution in [2.45, 2.75) is 32.4 Å². The molecule has 0 spiro atoms. The van der Waals surface area contributed by atoms with Crippen LogP contribution in [-0.2, 0) is 6.54 Å². The average molecular weight is 298 g/mol. The lowest BCUT2D eigenvalue weighted by Gasteiger charge is -2.24. The maximum atomic E-state index is 10.6. The summed E-state index contributed by atoms with van der Waals surface area (Å²) in [6.07, 6.45) is 2.58. The average Bonchev–Trinajstić information content (AvgIpc) is 2.94. The van der Waals surface area contributed by atoms with Gasteiger partial charge in [-0.3, -0.25) is 15.0 Å². The lowest BCUT2D eigenvalue weighted by molar-refractivity contribution is -0.384. The second kappa shape index (κ2) is 7.02. The van der Waals surface area contributed by atoms with Gasteiger partial charge >= 0.3 is 0 Å². The number of nitrogens with one attached hydrogen (secondary N) is 1. The number of likely N-dealkylation sites (tertiary alicyclic amines) is 1. The van der Waals surface area contributed by atoms with Gasteiger partial charge in [0.1, 0.15) is 0 Å². The molecule has 20 heavy (non-hydrogen) atoms. The Morgan fingerprint density at radius 3 is 2.75 bits per heavy atom. The van der Waals surface area contributed by atoms with Crippen LogP contribution in [0.15, 0.2) is 18.2 Å². The lowest BCUT2D eigenvalue weighted by atomic mass is 10.2. The number of nitro benzene ring substituents is 1. The maximum Gasteiger partial charge on any atom is 0.270 e. The van der Waals surface area contributed by atoms with Crippen molar-refractivity contribution >= 4 is 17.3 Å². The molecule has 1 atom stereocenters. The highest BCUT2D eigenvalue weighted by atomic mass is 35.5. The fourth-order valence-electron chi connectivity index (χ4n) is 2.52. The highest BCUT2D eigenvalue weighted by Crippen LogP contribution is 2.22. The van der Waals surface area contributed by atoms with Gasteiger partial charge in [0, 0.05) is 31.3 Å². The minimum absolute atomic E-state index is 0.0317. The number of non-ortho nitro benzene ring substituents is 1. The van der Waals surface area contributed by atoms with E-state index in [4.69, 9.17) is 11.6 Å². The number of rotatable bonds is 6. The monoisotopic (exact) mass is 297 g/mol. The molecule has 1 unspecified atom stereocenters. The van der Waals surface area contributed by atoms with Gasteiger partial charge in [0.2, 0.25) is 0 Å². The molecule has 6 heteroatoms. The summed E-state index contributed by atoms with van der Waals surface area (Å²) in [6.45, 7) is 6.11. The largest absolute Gasteiger partial charge is 0.311 e. The van der Waals surface area contributed by atoms with Gasteiger partial charge in [-0.2, -0.15) is 0 Å². The van der Waals surface area contributed by atoms with Crippen LogP contribution < -0.4 is 5.32 Å². The Morgan fingerprint density at radius 2 is 2.15 bits per heavy atom. The number of nitro groups is 1. The summed E-state index contributed by atoms with van der Waals surface area (Å²) in [4.78, 5) is 12.7. The Hall–Kier alpha value is -1.17. The second-order valence-corrected chi connectivity index (χ2v) is 5.66. The van der Waals surface area contributed by atoms with E-state index in [9.17, 15) is 10.1 Å². The van der Waals surface area contributed by atoms with E-state index in [1.807, 2.05) is 0 Å². The molecule has 0 aromatic heterocycles. The highest BCUT2D eigenvalue weighted by Gasteiger charge is 2.17. The van der Waals surface area contributed by atoms with Crippen LogP contribution in [0, 0.1) is 10.1 Å². The van der Waals surface area contributed by atoms with E-state index in [0.717, 1.165) is 12.1 Å². The Labute approximate surface area is 124 Å². The molecule has 1 heterocycles. The first-order chi connectivity index (χ1) is 9.58. The molecule has 0 saturated carbocycles. The van der Waals surface area contributed by atoms with Gasteiger partial charge in [0.05, 0.1) is 9.95 Å². The van der Waals surface area contributed by atoms with E-state index >= 15 is 0 Å². The number of benzene rings is 1. The van der Waals surface area contributed by atoms with Gasteiger partial charge in [0.25, 0.3) is 5.69 Å². The third-order valence-electron chi connectivity index (χ3n) is 3.77. The van der Waals surface area contributed by atoms with Crippen molar-refractivity contribution in [3.05, 3.63) is 38.9 Å². The van der Waals surface area contributed by atoms with Crippen molar-refractivity contribution in [1.29, 1.82) is 0 Å². The van der Waals surface area contributed by atoms with Gasteiger partial charge in [0.15, 0.2) is 0 Å². The van der Waals surface area contributed by atoms with Crippen molar-refractivity contribution in [3.8, 4) is 0 Å². The molecule has 1 aromatic rings. The number of halogens is 1. The summed E-state index contributed by atoms with van der Waals surface area (Å²) in [5, 5.41) is 14.5. The minimum Gasteiger partial charge on any atom is -0.311 e. The first-order valence-electron chi connectivity index (χ1n) is 6.95. The molecule has 1 aliphatic heterocycles. The van der Waals surface area contributed by atoms with Crippen molar-refractivity contribution < 1.29 is 4.92 Å². The zero-order chi connectivity index (χ0) is 14.5. The van der Waals surface area contributed by atoms with Gasteiger partial charge in [-0.25, -0.2) is 0 Å². The molecular weight excluding hydrogens is 278 g/mol. The van der Waals surface area contributed by atoms with Crippen molar-refractivity contribution in [1.82, 2.24) is 10.2 Å². The maximum absolute atomic E-state index is 10.6. The minimum atomic E-state index is -0.432. The third kappa shape index (κ3) is 3.91. The van der Waals surface area contributed by atoms with Crippen molar-refractivity contribution in [3.63, 3.8) is 0 Å². The van der Waals surface area contributed by atoms with Crippen LogP contribution in [0.5, 0.6) is 0 Å². The summed E-state index contributed by atoms with van der Waals surface area (Å²) >= 11 is 6.06. The van der Waals surface area contributed by atoms with Crippen LogP contribution >= 0.6 is 11.6 Å². The van der Waals surface area contributed by atoms with Crippen LogP contribution in [0.1, 0.15) is 25.3 Å². The van der Waals surface area contributed by atoms with Crippen LogP contribution in [0.2, 0.25) is 5.02 Å². The second-order valence-electron chi connectivity index (χ2n) is 5.26. The first-order valence-corrected chi connectivity index (χ1v) is 7.33. The van der Waals surface area contributed by atoms with E-state index in [-0.39, 0.29) is 5.69 Å². The molecule has 2 rings (SSSR count). The van der Waals surface area contributed by atoms with Crippen LogP contribution in [0.4, 0.5) is 5.69 Å². The van der Waals surface area contributed by atoms with Gasteiger partial charge in [-0.15, -0.1) is 0 Å². The normalized spacial score (nSPS) is 17.3. The Bertz CT molecular complexity index is 475. The van der Waals surface area contributed by atoms with E-state index in [0.29, 0.717) is 17.6 Å². The fraction of sp³-hybridized carbons (Fsp3) is 0.571. The van der Waals surface area contributed by atoms with Gasteiger partial charge < -0.3 is 5.32 Å². The predicted molar refractivity (Wildman–Crippen MR) is 80.1 cm³/mol. The molecule has 1 N–H and O–H groups in total. The summed E-state index contributed by atoms with van der Waals surface area (Å²) in [5.74, 6) is 0. The zero-order valence-corrected chi connectivity index (χ0v) is 12.4. The Balaban J connectivity index is 1.83. The topological polar surface area (TPSA) is 58.4 Å². The molecule has 110 valence electrons. The predicted octanol–water partition coefficient (Wildman–Crippen LogP) is 2.82. The van der Waals surface area contributed by atoms with E-state index in [2.05, 4.69) is 17.1 Å². The summed E-state index contributed by atoms with van der Waals surface area (Å²) in [6, 6.07) is 5.12. The van der Waals surface area contributed by atoms with Crippen LogP contribution in [0.3, 0.4) is 0 Å². The third-order valence-corrected chi connectivity index (χ3v) is 4.12. The quantitative estimate of drug-likeness (QED) is 0.648. The van der Waals surface area contributed by atoms with Crippen molar-refractivity contribution in [2.75, 3.05) is 19.6 Å². The van der Waals surface area contributed by atoms with E-state index < -0.39 is 4.92 Å². The van der Waals surface area contributed by atoms with E-state index in [1.165, 1.54) is 38.1 Å². The molecule has 5 nitrogen and oxygen atoms in total. The Kier molecular flexibility index (Phi) is 5.34. The SMILES string of the molecule is CC(CNCc1ccc([N+](=O)[O-])cc1Cl)N1CCCC1. The molecule has 1 fully saturated rings. The summed E-state index contributed by atoms with van der Waals surface area (Å²) < 4.78 is 0. The molecule has 0 aliphatic carbocycles. The lowest BCUT2D eigenvalue weighted by Crippen LogP contribution is -2.38. The van der Waals surface area contributed by atoms with Gasteiger partial charge in [-0.05, 0) is 44.5 Å². The van der Waals surface area contributed by atoms with E-state index in [1.54, 1.807) is 6.07 Å². The molecule has 1 saturated heterocycles. The van der Waals surface area contributed by atoms with Crippen LogP contribution in [-0.4, -0.2) is 35.5 Å². The molecule has 0 radical (unpaired) electrons. The first kappa shape index (κ1) is 15.2. The zero-order valence-electron chi connectivity index (χ0n) is 11.6. The standard InChI is InChI=1S/C14H20ClN3O2/c1-11(17-6-2-3-7-17)9-16-10-12-4-5-13(18(19)20)8-14(12)15/h4-5,8,11,16H,2-3,6-7,9-10H2,1H3. The fourth-order valence-corrected chi connectivity index (χ4v) is 2.76. The molecule has 1 aromatic carbocycles. The summed E-state index contributed by atoms with van der Waals surface area (Å²) in [7, 11) is 0.